The van der Waals surface area contributed by atoms with E-state index in [1.807, 2.05) is 32.0 Å². The molecule has 234 valence electrons. The van der Waals surface area contributed by atoms with Crippen molar-refractivity contribution >= 4 is 29.5 Å². The van der Waals surface area contributed by atoms with Crippen LogP contribution in [0.25, 0.3) is 11.1 Å². The number of amides is 1. The van der Waals surface area contributed by atoms with Crippen LogP contribution in [0.4, 0.5) is 22.2 Å². The lowest BCUT2D eigenvalue weighted by molar-refractivity contribution is -0.149. The number of anilines is 3. The maximum Gasteiger partial charge on any atom is 0.407 e. The summed E-state index contributed by atoms with van der Waals surface area (Å²) >= 11 is 0. The Morgan fingerprint density at radius 1 is 0.977 bits per heavy atom. The fourth-order valence-corrected chi connectivity index (χ4v) is 5.43. The number of hydrogen-bond donors (Lipinski definition) is 3. The second-order valence-electron chi connectivity index (χ2n) is 11.5. The first-order valence-electron chi connectivity index (χ1n) is 15.2. The lowest BCUT2D eigenvalue weighted by Gasteiger charge is -2.38. The summed E-state index contributed by atoms with van der Waals surface area (Å²) in [6.45, 7) is 9.19. The number of pyridine rings is 1. The van der Waals surface area contributed by atoms with Crippen LogP contribution in [0, 0.1) is 0 Å². The van der Waals surface area contributed by atoms with Gasteiger partial charge < -0.3 is 25.4 Å². The Kier molecular flexibility index (Phi) is 10.2. The monoisotopic (exact) mass is 602 g/mol. The molecule has 12 nitrogen and oxygen atoms in total. The molecule has 1 aliphatic heterocycles. The molecule has 0 radical (unpaired) electrons. The van der Waals surface area contributed by atoms with Gasteiger partial charge in [-0.05, 0) is 68.5 Å². The van der Waals surface area contributed by atoms with Gasteiger partial charge in [0.1, 0.15) is 11.4 Å². The van der Waals surface area contributed by atoms with Crippen LogP contribution < -0.4 is 16.0 Å². The molecular weight excluding hydrogens is 560 g/mol. The highest BCUT2D eigenvalue weighted by atomic mass is 16.6. The van der Waals surface area contributed by atoms with Gasteiger partial charge in [0.2, 0.25) is 5.95 Å². The number of hydrogen-bond acceptors (Lipinski definition) is 11. The molecule has 2 aliphatic rings. The smallest absolute Gasteiger partial charge is 0.407 e. The number of alkyl carbamates (subject to hydrolysis) is 1. The van der Waals surface area contributed by atoms with Crippen molar-refractivity contribution in [1.29, 1.82) is 0 Å². The summed E-state index contributed by atoms with van der Waals surface area (Å²) in [4.78, 5) is 41.9. The Labute approximate surface area is 258 Å². The van der Waals surface area contributed by atoms with Crippen molar-refractivity contribution in [3.8, 4) is 11.1 Å². The van der Waals surface area contributed by atoms with Crippen LogP contribution in [0.5, 0.6) is 0 Å². The number of carbonyl (C=O) groups is 2. The quantitative estimate of drug-likeness (QED) is 0.193. The number of benzene rings is 1. The highest BCUT2D eigenvalue weighted by molar-refractivity contribution is 5.84. The minimum atomic E-state index is -0.408. The number of esters is 1. The van der Waals surface area contributed by atoms with Gasteiger partial charge in [0.15, 0.2) is 0 Å². The minimum Gasteiger partial charge on any atom is -0.468 e. The third-order valence-corrected chi connectivity index (χ3v) is 7.87. The van der Waals surface area contributed by atoms with Gasteiger partial charge in [0.25, 0.3) is 0 Å². The van der Waals surface area contributed by atoms with E-state index < -0.39 is 6.09 Å². The Hall–Kier alpha value is -4.29. The maximum atomic E-state index is 12.2. The molecule has 0 unspecified atom stereocenters. The molecule has 0 bridgehead atoms. The van der Waals surface area contributed by atoms with Crippen LogP contribution >= 0.6 is 0 Å². The highest BCUT2D eigenvalue weighted by Crippen LogP contribution is 2.43. The van der Waals surface area contributed by atoms with Crippen LogP contribution in [0.3, 0.4) is 0 Å². The topological polar surface area (TPSA) is 134 Å². The van der Waals surface area contributed by atoms with E-state index in [1.54, 1.807) is 18.6 Å². The fraction of sp³-hybridized carbons (Fsp3) is 0.469. The average molecular weight is 603 g/mol. The first-order valence-corrected chi connectivity index (χ1v) is 15.2. The number of piperazine rings is 1. The van der Waals surface area contributed by atoms with E-state index in [-0.39, 0.29) is 17.6 Å². The Bertz CT molecular complexity index is 1410. The number of carbonyl (C=O) groups excluding carboxylic acids is 2. The van der Waals surface area contributed by atoms with Crippen LogP contribution in [-0.4, -0.2) is 94.8 Å². The standard InChI is InChI=1S/C32H42N8O4/c1-23(2)44-31(42)35-12-5-11-34-30-36-20-26(21-37-30)25-8-13-33-28(19-25)38-27-7-4-6-24(18-27)22-39-14-16-40(17-15-39)32(9-10-32)29(41)43-3/h4,6-8,13,18-21,23H,5,9-12,14-17,22H2,1-3H3,(H,33,38)(H,35,42)(H,34,36,37). The molecule has 44 heavy (non-hydrogen) atoms. The molecule has 3 aromatic rings. The number of ether oxygens (including phenoxy) is 2. The minimum absolute atomic E-state index is 0.0903. The van der Waals surface area contributed by atoms with Crippen LogP contribution in [-0.2, 0) is 20.8 Å². The first kappa shape index (κ1) is 31.1. The van der Waals surface area contributed by atoms with E-state index in [9.17, 15) is 9.59 Å². The van der Waals surface area contributed by atoms with Gasteiger partial charge in [0.05, 0.1) is 13.2 Å². The van der Waals surface area contributed by atoms with Crippen molar-refractivity contribution in [3.05, 3.63) is 60.6 Å². The molecule has 3 N–H and O–H groups in total. The van der Waals surface area contributed by atoms with Gasteiger partial charge in [-0.2, -0.15) is 0 Å². The Morgan fingerprint density at radius 2 is 1.75 bits per heavy atom. The average Bonchev–Trinajstić information content (AvgIpc) is 3.83. The molecule has 5 rings (SSSR count). The summed E-state index contributed by atoms with van der Waals surface area (Å²) in [5.74, 6) is 1.17. The molecule has 1 saturated carbocycles. The second-order valence-corrected chi connectivity index (χ2v) is 11.5. The first-order chi connectivity index (χ1) is 21.3. The van der Waals surface area contributed by atoms with Crippen LogP contribution in [0.15, 0.2) is 55.0 Å². The molecule has 0 atom stereocenters. The summed E-state index contributed by atoms with van der Waals surface area (Å²) < 4.78 is 10.1. The van der Waals surface area contributed by atoms with Gasteiger partial charge in [-0.3, -0.25) is 14.6 Å². The number of nitrogens with one attached hydrogen (secondary N) is 3. The SMILES string of the molecule is COC(=O)C1(N2CCN(Cc3cccc(Nc4cc(-c5cnc(NCCCNC(=O)OC(C)C)nc5)ccn4)c3)CC2)CC1. The number of methoxy groups -OCH3 is 1. The van der Waals surface area contributed by atoms with Gasteiger partial charge >= 0.3 is 12.1 Å². The van der Waals surface area contributed by atoms with E-state index >= 15 is 0 Å². The fourth-order valence-electron chi connectivity index (χ4n) is 5.43. The second kappa shape index (κ2) is 14.5. The summed E-state index contributed by atoms with van der Waals surface area (Å²) in [7, 11) is 1.48. The van der Waals surface area contributed by atoms with Crippen molar-refractivity contribution in [3.63, 3.8) is 0 Å². The largest absolute Gasteiger partial charge is 0.468 e. The molecule has 2 fully saturated rings. The highest BCUT2D eigenvalue weighted by Gasteiger charge is 2.56. The summed E-state index contributed by atoms with van der Waals surface area (Å²) in [5.41, 5.74) is 3.65. The molecule has 3 heterocycles. The molecule has 2 aromatic heterocycles. The summed E-state index contributed by atoms with van der Waals surface area (Å²) in [5, 5.41) is 9.32. The molecular formula is C32H42N8O4. The normalized spacial score (nSPS) is 16.3. The summed E-state index contributed by atoms with van der Waals surface area (Å²) in [6.07, 6.45) is 7.30. The zero-order valence-corrected chi connectivity index (χ0v) is 25.7. The Balaban J connectivity index is 1.09. The predicted octanol–water partition coefficient (Wildman–Crippen LogP) is 4.04. The van der Waals surface area contributed by atoms with Gasteiger partial charge in [-0.25, -0.2) is 19.7 Å². The van der Waals surface area contributed by atoms with Gasteiger partial charge in [-0.15, -0.1) is 0 Å². The lowest BCUT2D eigenvalue weighted by Crippen LogP contribution is -2.54. The third kappa shape index (κ3) is 8.20. The van der Waals surface area contributed by atoms with E-state index in [2.05, 4.69) is 58.9 Å². The molecule has 0 spiro atoms. The van der Waals surface area contributed by atoms with Crippen molar-refractivity contribution in [1.82, 2.24) is 30.1 Å². The number of aromatic nitrogens is 3. The molecule has 1 saturated heterocycles. The maximum absolute atomic E-state index is 12.2. The lowest BCUT2D eigenvalue weighted by atomic mass is 10.1. The van der Waals surface area contributed by atoms with Crippen LogP contribution in [0.2, 0.25) is 0 Å². The molecule has 1 aliphatic carbocycles. The Morgan fingerprint density at radius 3 is 2.45 bits per heavy atom. The van der Waals surface area contributed by atoms with E-state index in [0.717, 1.165) is 68.2 Å². The molecule has 1 amide bonds. The van der Waals surface area contributed by atoms with Crippen molar-refractivity contribution in [2.24, 2.45) is 0 Å². The van der Waals surface area contributed by atoms with Crippen molar-refractivity contribution in [2.45, 2.75) is 51.3 Å². The van der Waals surface area contributed by atoms with Gasteiger partial charge in [-0.1, -0.05) is 12.1 Å². The van der Waals surface area contributed by atoms with Crippen molar-refractivity contribution < 1.29 is 19.1 Å². The summed E-state index contributed by atoms with van der Waals surface area (Å²) in [6, 6.07) is 12.3. The van der Waals surface area contributed by atoms with Gasteiger partial charge in [0, 0.05) is 75.7 Å². The molecule has 12 heteroatoms. The van der Waals surface area contributed by atoms with Crippen LogP contribution in [0.1, 0.15) is 38.7 Å². The van der Waals surface area contributed by atoms with E-state index in [1.165, 1.54) is 12.7 Å². The zero-order chi connectivity index (χ0) is 30.9. The van der Waals surface area contributed by atoms with E-state index in [0.29, 0.717) is 25.5 Å². The third-order valence-electron chi connectivity index (χ3n) is 7.87. The predicted molar refractivity (Wildman–Crippen MR) is 169 cm³/mol. The van der Waals surface area contributed by atoms with E-state index in [4.69, 9.17) is 9.47 Å². The molecule has 1 aromatic carbocycles. The zero-order valence-electron chi connectivity index (χ0n) is 25.7. The number of rotatable bonds is 13. The number of nitrogens with zero attached hydrogens (tertiary/aromatic N) is 5. The van der Waals surface area contributed by atoms with Crippen molar-refractivity contribution in [2.75, 3.05) is 57.0 Å².